The van der Waals surface area contributed by atoms with Crippen LogP contribution in [0.1, 0.15) is 36.4 Å². The summed E-state index contributed by atoms with van der Waals surface area (Å²) in [4.78, 5) is 23.7. The number of nitrogens with one attached hydrogen (secondary N) is 2. The van der Waals surface area contributed by atoms with Crippen LogP contribution in [-0.4, -0.2) is 58.2 Å². The van der Waals surface area contributed by atoms with Crippen molar-refractivity contribution in [1.82, 2.24) is 24.1 Å². The first-order valence-corrected chi connectivity index (χ1v) is 9.56. The Hall–Kier alpha value is -2.73. The third-order valence-corrected chi connectivity index (χ3v) is 5.63. The van der Waals surface area contributed by atoms with Gasteiger partial charge in [-0.25, -0.2) is 4.98 Å². The Balaban J connectivity index is 1.42. The lowest BCUT2D eigenvalue weighted by Gasteiger charge is -2.14. The predicted octanol–water partition coefficient (Wildman–Crippen LogP) is -0.389. The van der Waals surface area contributed by atoms with E-state index in [1.54, 1.807) is 4.57 Å². The summed E-state index contributed by atoms with van der Waals surface area (Å²) in [7, 11) is 0. The Morgan fingerprint density at radius 1 is 1.38 bits per heavy atom. The number of aryl methyl sites for hydroxylation is 1. The molecule has 0 amide bonds. The van der Waals surface area contributed by atoms with Crippen molar-refractivity contribution in [2.75, 3.05) is 11.9 Å². The van der Waals surface area contributed by atoms with Crippen LogP contribution in [0.4, 0.5) is 5.95 Å². The molecule has 1 saturated heterocycles. The molecule has 2 aliphatic rings. The predicted molar refractivity (Wildman–Crippen MR) is 101 cm³/mol. The number of H-pyrrole nitrogens is 1. The number of imidazole rings is 1. The molecule has 1 fully saturated rings. The van der Waals surface area contributed by atoms with Crippen LogP contribution in [0.25, 0.3) is 11.2 Å². The Kier molecular flexibility index (Phi) is 4.39. The molecule has 2 aliphatic heterocycles. The molecule has 5 rings (SSSR count). The monoisotopic (exact) mass is 402 g/mol. The van der Waals surface area contributed by atoms with Gasteiger partial charge in [-0.3, -0.25) is 14.3 Å². The smallest absolute Gasteiger partial charge is 0.280 e. The van der Waals surface area contributed by atoms with Crippen molar-refractivity contribution in [3.8, 4) is 0 Å². The summed E-state index contributed by atoms with van der Waals surface area (Å²) in [6.45, 7) is 0.894. The fourth-order valence-corrected chi connectivity index (χ4v) is 4.13. The molecule has 0 unspecified atom stereocenters. The third kappa shape index (κ3) is 3.02. The maximum Gasteiger partial charge on any atom is 0.280 e. The molecule has 0 spiro atoms. The molecule has 3 aromatic rings. The van der Waals surface area contributed by atoms with Crippen LogP contribution < -0.4 is 10.9 Å². The highest BCUT2D eigenvalue weighted by Gasteiger charge is 2.35. The Morgan fingerprint density at radius 3 is 3.03 bits per heavy atom. The number of rotatable bonds is 5. The number of hydrogen-bond acceptors (Lipinski definition) is 8. The molecule has 11 heteroatoms. The van der Waals surface area contributed by atoms with E-state index < -0.39 is 30.1 Å². The zero-order valence-electron chi connectivity index (χ0n) is 15.5. The van der Waals surface area contributed by atoms with Crippen molar-refractivity contribution in [3.05, 3.63) is 40.2 Å². The van der Waals surface area contributed by atoms with Crippen molar-refractivity contribution in [2.45, 2.75) is 50.5 Å². The van der Waals surface area contributed by atoms with Gasteiger partial charge < -0.3 is 29.9 Å². The van der Waals surface area contributed by atoms with Gasteiger partial charge >= 0.3 is 0 Å². The van der Waals surface area contributed by atoms with E-state index in [1.807, 2.05) is 16.8 Å². The molecule has 0 aromatic carbocycles. The molecule has 4 atom stereocenters. The SMILES string of the molecule is O=c1[nH]c(NCc2ccn3c2[C@@H](O)CC3)nc2c1ncn2[C@H]1C[C@H](O)[C@@H](CO)O1. The second kappa shape index (κ2) is 6.95. The lowest BCUT2D eigenvalue weighted by atomic mass is 10.1. The van der Waals surface area contributed by atoms with Crippen LogP contribution >= 0.6 is 0 Å². The van der Waals surface area contributed by atoms with E-state index in [0.29, 0.717) is 18.6 Å². The summed E-state index contributed by atoms with van der Waals surface area (Å²) in [6.07, 6.45) is 1.82. The van der Waals surface area contributed by atoms with E-state index in [9.17, 15) is 20.1 Å². The van der Waals surface area contributed by atoms with Crippen LogP contribution in [-0.2, 0) is 17.8 Å². The normalized spacial score (nSPS) is 26.3. The second-order valence-corrected chi connectivity index (χ2v) is 7.43. The summed E-state index contributed by atoms with van der Waals surface area (Å²) in [5.41, 5.74) is 1.93. The number of aromatic amines is 1. The van der Waals surface area contributed by atoms with Gasteiger partial charge in [0.1, 0.15) is 12.3 Å². The minimum atomic E-state index is -0.801. The first-order chi connectivity index (χ1) is 14.0. The van der Waals surface area contributed by atoms with Crippen LogP contribution in [0.5, 0.6) is 0 Å². The van der Waals surface area contributed by atoms with Gasteiger partial charge in [0.05, 0.1) is 30.8 Å². The zero-order chi connectivity index (χ0) is 20.1. The van der Waals surface area contributed by atoms with E-state index in [1.165, 1.54) is 6.33 Å². The van der Waals surface area contributed by atoms with Crippen molar-refractivity contribution < 1.29 is 20.1 Å². The standard InChI is InChI=1S/C18H22N6O5/c25-7-12-11(27)5-13(29-12)24-8-20-14-16(24)21-18(22-17(14)28)19-6-9-1-3-23-4-2-10(26)15(9)23/h1,3,8,10-13,25-27H,2,4-7H2,(H2,19,21,22,28)/t10-,11-,12+,13+/m0/s1. The molecule has 5 heterocycles. The van der Waals surface area contributed by atoms with Crippen molar-refractivity contribution >= 4 is 17.1 Å². The third-order valence-electron chi connectivity index (χ3n) is 5.63. The number of aromatic nitrogens is 5. The van der Waals surface area contributed by atoms with Gasteiger partial charge in [0.15, 0.2) is 11.2 Å². The number of nitrogens with zero attached hydrogens (tertiary/aromatic N) is 4. The van der Waals surface area contributed by atoms with Gasteiger partial charge in [-0.15, -0.1) is 0 Å². The Morgan fingerprint density at radius 2 is 2.24 bits per heavy atom. The highest BCUT2D eigenvalue weighted by atomic mass is 16.5. The largest absolute Gasteiger partial charge is 0.394 e. The summed E-state index contributed by atoms with van der Waals surface area (Å²) in [5.74, 6) is 0.272. The highest BCUT2D eigenvalue weighted by Crippen LogP contribution is 2.31. The maximum absolute atomic E-state index is 12.4. The number of anilines is 1. The second-order valence-electron chi connectivity index (χ2n) is 7.43. The molecule has 0 saturated carbocycles. The van der Waals surface area contributed by atoms with Crippen LogP contribution in [0.15, 0.2) is 23.4 Å². The quantitative estimate of drug-likeness (QED) is 0.387. The first kappa shape index (κ1) is 18.3. The average molecular weight is 402 g/mol. The maximum atomic E-state index is 12.4. The van der Waals surface area contributed by atoms with Gasteiger partial charge in [0.2, 0.25) is 5.95 Å². The molecule has 11 nitrogen and oxygen atoms in total. The molecule has 29 heavy (non-hydrogen) atoms. The summed E-state index contributed by atoms with van der Waals surface area (Å²) in [6, 6.07) is 1.94. The summed E-state index contributed by atoms with van der Waals surface area (Å²) < 4.78 is 9.27. The number of hydrogen-bond donors (Lipinski definition) is 5. The number of aliphatic hydroxyl groups excluding tert-OH is 3. The Labute approximate surface area is 164 Å². The molecule has 3 aromatic heterocycles. The van der Waals surface area contributed by atoms with Gasteiger partial charge in [-0.2, -0.15) is 4.98 Å². The Bertz CT molecular complexity index is 1100. The molecular weight excluding hydrogens is 380 g/mol. The van der Waals surface area contributed by atoms with E-state index in [0.717, 1.165) is 17.8 Å². The number of fused-ring (bicyclic) bond motifs is 2. The number of aliphatic hydroxyl groups is 3. The average Bonchev–Trinajstić information content (AvgIpc) is 3.45. The molecule has 0 bridgehead atoms. The molecule has 154 valence electrons. The lowest BCUT2D eigenvalue weighted by Crippen LogP contribution is -2.24. The van der Waals surface area contributed by atoms with Crippen molar-refractivity contribution in [1.29, 1.82) is 0 Å². The van der Waals surface area contributed by atoms with Gasteiger partial charge in [0.25, 0.3) is 5.56 Å². The molecule has 0 radical (unpaired) electrons. The van der Waals surface area contributed by atoms with E-state index in [4.69, 9.17) is 4.74 Å². The van der Waals surface area contributed by atoms with Crippen LogP contribution in [0.3, 0.4) is 0 Å². The van der Waals surface area contributed by atoms with E-state index in [-0.39, 0.29) is 24.5 Å². The van der Waals surface area contributed by atoms with E-state index >= 15 is 0 Å². The minimum absolute atomic E-state index is 0.168. The van der Waals surface area contributed by atoms with Gasteiger partial charge in [0, 0.05) is 25.7 Å². The summed E-state index contributed by atoms with van der Waals surface area (Å²) in [5, 5.41) is 32.5. The minimum Gasteiger partial charge on any atom is -0.394 e. The van der Waals surface area contributed by atoms with Crippen molar-refractivity contribution in [2.24, 2.45) is 0 Å². The molecular formula is C18H22N6O5. The number of ether oxygens (including phenoxy) is 1. The molecule has 5 N–H and O–H groups in total. The zero-order valence-corrected chi connectivity index (χ0v) is 15.5. The summed E-state index contributed by atoms with van der Waals surface area (Å²) >= 11 is 0. The topological polar surface area (TPSA) is 150 Å². The van der Waals surface area contributed by atoms with Crippen molar-refractivity contribution in [3.63, 3.8) is 0 Å². The van der Waals surface area contributed by atoms with Crippen LogP contribution in [0, 0.1) is 0 Å². The van der Waals surface area contributed by atoms with Gasteiger partial charge in [-0.1, -0.05) is 0 Å². The first-order valence-electron chi connectivity index (χ1n) is 9.56. The highest BCUT2D eigenvalue weighted by molar-refractivity contribution is 5.70. The fourth-order valence-electron chi connectivity index (χ4n) is 4.13. The lowest BCUT2D eigenvalue weighted by molar-refractivity contribution is -0.0432. The fraction of sp³-hybridized carbons (Fsp3) is 0.500. The van der Waals surface area contributed by atoms with E-state index in [2.05, 4.69) is 20.3 Å². The van der Waals surface area contributed by atoms with Gasteiger partial charge in [-0.05, 0) is 18.1 Å². The molecule has 0 aliphatic carbocycles. The van der Waals surface area contributed by atoms with Crippen LogP contribution in [0.2, 0.25) is 0 Å².